The monoisotopic (exact) mass is 340 g/mol. The molecule has 0 atom stereocenters. The van der Waals surface area contributed by atoms with Crippen LogP contribution in [0.5, 0.6) is 5.75 Å². The summed E-state index contributed by atoms with van der Waals surface area (Å²) >= 11 is 0. The van der Waals surface area contributed by atoms with Gasteiger partial charge in [0.25, 0.3) is 5.91 Å². The van der Waals surface area contributed by atoms with E-state index in [1.807, 2.05) is 24.3 Å². The van der Waals surface area contributed by atoms with Crippen molar-refractivity contribution in [3.63, 3.8) is 0 Å². The number of aromatic nitrogens is 3. The third-order valence-electron chi connectivity index (χ3n) is 5.06. The van der Waals surface area contributed by atoms with Crippen molar-refractivity contribution >= 4 is 5.91 Å². The molecule has 1 N–H and O–H groups in total. The largest absolute Gasteiger partial charge is 0.490 e. The van der Waals surface area contributed by atoms with E-state index in [9.17, 15) is 4.79 Å². The van der Waals surface area contributed by atoms with Crippen molar-refractivity contribution in [2.75, 3.05) is 0 Å². The smallest absolute Gasteiger partial charge is 0.251 e. The minimum absolute atomic E-state index is 0.0967. The second-order valence-corrected chi connectivity index (χ2v) is 6.87. The molecule has 1 aliphatic carbocycles. The van der Waals surface area contributed by atoms with Crippen LogP contribution in [-0.2, 0) is 19.5 Å². The number of fused-ring (bicyclic) bond motifs is 1. The second-order valence-electron chi connectivity index (χ2n) is 6.87. The van der Waals surface area contributed by atoms with Gasteiger partial charge in [-0.2, -0.15) is 0 Å². The van der Waals surface area contributed by atoms with Crippen molar-refractivity contribution in [2.24, 2.45) is 0 Å². The van der Waals surface area contributed by atoms with Gasteiger partial charge in [0.15, 0.2) is 5.82 Å². The zero-order chi connectivity index (χ0) is 17.1. The minimum atomic E-state index is -0.0967. The van der Waals surface area contributed by atoms with E-state index in [1.54, 1.807) is 0 Å². The van der Waals surface area contributed by atoms with Crippen molar-refractivity contribution in [2.45, 2.75) is 64.1 Å². The summed E-state index contributed by atoms with van der Waals surface area (Å²) in [6.45, 7) is 1.35. The molecule has 1 aliphatic heterocycles. The van der Waals surface area contributed by atoms with Crippen LogP contribution in [0.4, 0.5) is 0 Å². The number of rotatable bonds is 5. The Morgan fingerprint density at radius 2 is 1.92 bits per heavy atom. The summed E-state index contributed by atoms with van der Waals surface area (Å²) in [5.74, 6) is 2.61. The SMILES string of the molecule is O=C(NCc1nnc2n1CCCC2)c1ccc(OC2CCCC2)cc1. The Hall–Kier alpha value is -2.37. The molecule has 1 fully saturated rings. The first kappa shape index (κ1) is 16.1. The highest BCUT2D eigenvalue weighted by molar-refractivity contribution is 5.94. The van der Waals surface area contributed by atoms with Gasteiger partial charge < -0.3 is 14.6 Å². The summed E-state index contributed by atoms with van der Waals surface area (Å²) in [7, 11) is 0. The maximum atomic E-state index is 12.4. The van der Waals surface area contributed by atoms with E-state index in [2.05, 4.69) is 20.1 Å². The number of carbonyl (C=O) groups excluding carboxylic acids is 1. The molecular weight excluding hydrogens is 316 g/mol. The Morgan fingerprint density at radius 3 is 2.72 bits per heavy atom. The Kier molecular flexibility index (Phi) is 4.68. The summed E-state index contributed by atoms with van der Waals surface area (Å²) in [5.41, 5.74) is 0.636. The normalized spacial score (nSPS) is 17.3. The third kappa shape index (κ3) is 3.67. The molecule has 25 heavy (non-hydrogen) atoms. The van der Waals surface area contributed by atoms with Gasteiger partial charge in [-0.3, -0.25) is 4.79 Å². The van der Waals surface area contributed by atoms with E-state index in [0.29, 0.717) is 18.2 Å². The van der Waals surface area contributed by atoms with Crippen molar-refractivity contribution in [1.82, 2.24) is 20.1 Å². The van der Waals surface area contributed by atoms with Gasteiger partial charge in [-0.15, -0.1) is 10.2 Å². The number of hydrogen-bond acceptors (Lipinski definition) is 4. The molecule has 6 heteroatoms. The van der Waals surface area contributed by atoms with Gasteiger partial charge in [0.2, 0.25) is 0 Å². The quantitative estimate of drug-likeness (QED) is 0.909. The predicted molar refractivity (Wildman–Crippen MR) is 93.5 cm³/mol. The molecule has 1 aromatic carbocycles. The van der Waals surface area contributed by atoms with E-state index < -0.39 is 0 Å². The van der Waals surface area contributed by atoms with Gasteiger partial charge in [0, 0.05) is 18.5 Å². The van der Waals surface area contributed by atoms with E-state index in [4.69, 9.17) is 4.74 Å². The molecule has 6 nitrogen and oxygen atoms in total. The number of ether oxygens (including phenoxy) is 1. The van der Waals surface area contributed by atoms with E-state index >= 15 is 0 Å². The fraction of sp³-hybridized carbons (Fsp3) is 0.526. The molecule has 1 saturated carbocycles. The number of aryl methyl sites for hydroxylation is 1. The van der Waals surface area contributed by atoms with Crippen molar-refractivity contribution in [3.05, 3.63) is 41.5 Å². The Labute approximate surface area is 147 Å². The van der Waals surface area contributed by atoms with Crippen LogP contribution < -0.4 is 10.1 Å². The highest BCUT2D eigenvalue weighted by Crippen LogP contribution is 2.24. The maximum absolute atomic E-state index is 12.4. The average Bonchev–Trinajstić information content (AvgIpc) is 3.30. The summed E-state index contributed by atoms with van der Waals surface area (Å²) in [6.07, 6.45) is 8.38. The lowest BCUT2D eigenvalue weighted by molar-refractivity contribution is 0.0949. The van der Waals surface area contributed by atoms with Gasteiger partial charge in [0.1, 0.15) is 11.6 Å². The third-order valence-corrected chi connectivity index (χ3v) is 5.06. The van der Waals surface area contributed by atoms with Crippen LogP contribution in [0.1, 0.15) is 60.5 Å². The molecule has 0 radical (unpaired) electrons. The summed E-state index contributed by atoms with van der Waals surface area (Å²) in [4.78, 5) is 12.4. The van der Waals surface area contributed by atoms with Crippen molar-refractivity contribution < 1.29 is 9.53 Å². The fourth-order valence-corrected chi connectivity index (χ4v) is 3.64. The number of hydrogen-bond donors (Lipinski definition) is 1. The van der Waals surface area contributed by atoms with Gasteiger partial charge in [0.05, 0.1) is 12.6 Å². The molecule has 0 saturated heterocycles. The van der Waals surface area contributed by atoms with E-state index in [-0.39, 0.29) is 5.91 Å². The molecule has 132 valence electrons. The molecule has 0 spiro atoms. The van der Waals surface area contributed by atoms with Crippen LogP contribution in [0.3, 0.4) is 0 Å². The average molecular weight is 340 g/mol. The highest BCUT2D eigenvalue weighted by Gasteiger charge is 2.18. The molecule has 0 bridgehead atoms. The van der Waals surface area contributed by atoms with Gasteiger partial charge >= 0.3 is 0 Å². The zero-order valence-corrected chi connectivity index (χ0v) is 14.4. The number of nitrogens with one attached hydrogen (secondary N) is 1. The first-order valence-corrected chi connectivity index (χ1v) is 9.25. The van der Waals surface area contributed by atoms with Gasteiger partial charge in [-0.25, -0.2) is 0 Å². The van der Waals surface area contributed by atoms with Crippen LogP contribution in [0, 0.1) is 0 Å². The van der Waals surface area contributed by atoms with Crippen LogP contribution in [0.25, 0.3) is 0 Å². The van der Waals surface area contributed by atoms with Crippen molar-refractivity contribution in [3.8, 4) is 5.75 Å². The molecule has 2 aliphatic rings. The Morgan fingerprint density at radius 1 is 1.12 bits per heavy atom. The number of amides is 1. The zero-order valence-electron chi connectivity index (χ0n) is 14.4. The lowest BCUT2D eigenvalue weighted by atomic mass is 10.1. The fourth-order valence-electron chi connectivity index (χ4n) is 3.64. The summed E-state index contributed by atoms with van der Waals surface area (Å²) < 4.78 is 8.07. The first-order valence-electron chi connectivity index (χ1n) is 9.25. The van der Waals surface area contributed by atoms with Crippen molar-refractivity contribution in [1.29, 1.82) is 0 Å². The van der Waals surface area contributed by atoms with Gasteiger partial charge in [-0.05, 0) is 62.8 Å². The predicted octanol–water partition coefficient (Wildman–Crippen LogP) is 2.87. The van der Waals surface area contributed by atoms with E-state index in [1.165, 1.54) is 19.3 Å². The summed E-state index contributed by atoms with van der Waals surface area (Å²) in [6, 6.07) is 7.40. The molecule has 0 unspecified atom stereocenters. The number of nitrogens with zero attached hydrogens (tertiary/aromatic N) is 3. The first-order chi connectivity index (χ1) is 12.3. The Balaban J connectivity index is 1.34. The molecule has 2 aromatic rings. The summed E-state index contributed by atoms with van der Waals surface area (Å²) in [5, 5.41) is 11.4. The topological polar surface area (TPSA) is 69.0 Å². The Bertz CT molecular complexity index is 732. The molecular formula is C19H24N4O2. The van der Waals surface area contributed by atoms with Crippen LogP contribution in [0.15, 0.2) is 24.3 Å². The minimum Gasteiger partial charge on any atom is -0.490 e. The molecule has 1 aromatic heterocycles. The van der Waals surface area contributed by atoms with E-state index in [0.717, 1.165) is 49.6 Å². The maximum Gasteiger partial charge on any atom is 0.251 e. The van der Waals surface area contributed by atoms with Crippen LogP contribution in [0.2, 0.25) is 0 Å². The van der Waals surface area contributed by atoms with Crippen LogP contribution >= 0.6 is 0 Å². The second kappa shape index (κ2) is 7.25. The standard InChI is InChI=1S/C19H24N4O2/c24-19(20-13-18-22-21-17-7-3-4-12-23(17)18)14-8-10-16(11-9-14)25-15-5-1-2-6-15/h8-11,15H,1-7,12-13H2,(H,20,24). The highest BCUT2D eigenvalue weighted by atomic mass is 16.5. The number of benzene rings is 1. The molecule has 1 amide bonds. The molecule has 2 heterocycles. The lowest BCUT2D eigenvalue weighted by Gasteiger charge is -2.15. The van der Waals surface area contributed by atoms with Gasteiger partial charge in [-0.1, -0.05) is 0 Å². The molecule has 4 rings (SSSR count). The lowest BCUT2D eigenvalue weighted by Crippen LogP contribution is -2.25. The number of carbonyl (C=O) groups is 1. The van der Waals surface area contributed by atoms with Crippen LogP contribution in [-0.4, -0.2) is 26.8 Å².